The van der Waals surface area contributed by atoms with E-state index >= 15 is 0 Å². The maximum atomic E-state index is 12.9. The summed E-state index contributed by atoms with van der Waals surface area (Å²) in [7, 11) is 0. The molecule has 10 N–H and O–H groups in total. The molecule has 0 spiro atoms. The molecule has 0 saturated heterocycles. The van der Waals surface area contributed by atoms with E-state index in [0.717, 1.165) is 0 Å². The van der Waals surface area contributed by atoms with Crippen molar-refractivity contribution in [2.75, 3.05) is 6.54 Å². The van der Waals surface area contributed by atoms with Gasteiger partial charge in [-0.05, 0) is 37.6 Å². The van der Waals surface area contributed by atoms with Crippen molar-refractivity contribution in [1.29, 1.82) is 0 Å². The highest BCUT2D eigenvalue weighted by Gasteiger charge is 2.33. The molecule has 12 nitrogen and oxygen atoms in total. The molecule has 0 aliphatic rings. The quantitative estimate of drug-likeness (QED) is 0.125. The average molecular weight is 487 g/mol. The van der Waals surface area contributed by atoms with Gasteiger partial charge in [0, 0.05) is 0 Å². The summed E-state index contributed by atoms with van der Waals surface area (Å²) in [6.07, 6.45) is 1.87. The highest BCUT2D eigenvalue weighted by atomic mass is 16.4. The van der Waals surface area contributed by atoms with E-state index in [2.05, 4.69) is 16.0 Å². The van der Waals surface area contributed by atoms with Gasteiger partial charge in [-0.1, -0.05) is 40.5 Å². The first-order valence-corrected chi connectivity index (χ1v) is 11.7. The molecule has 0 aliphatic carbocycles. The summed E-state index contributed by atoms with van der Waals surface area (Å²) < 4.78 is 0. The van der Waals surface area contributed by atoms with Gasteiger partial charge in [0.15, 0.2) is 0 Å². The summed E-state index contributed by atoms with van der Waals surface area (Å²) >= 11 is 0. The number of carboxylic acids is 1. The third-order valence-electron chi connectivity index (χ3n) is 5.46. The van der Waals surface area contributed by atoms with Crippen molar-refractivity contribution in [3.05, 3.63) is 0 Å². The van der Waals surface area contributed by atoms with Gasteiger partial charge in [-0.25, -0.2) is 4.79 Å². The minimum Gasteiger partial charge on any atom is -0.480 e. The zero-order valence-electron chi connectivity index (χ0n) is 20.6. The molecule has 0 aromatic heterocycles. The molecule has 5 unspecified atom stereocenters. The second-order valence-electron chi connectivity index (χ2n) is 9.02. The van der Waals surface area contributed by atoms with E-state index in [9.17, 15) is 29.1 Å². The number of nitrogens with one attached hydrogen (secondary N) is 3. The van der Waals surface area contributed by atoms with Gasteiger partial charge in [0.2, 0.25) is 23.6 Å². The number of hydrogen-bond donors (Lipinski definition) is 7. The number of carbonyl (C=O) groups is 5. The third-order valence-corrected chi connectivity index (χ3v) is 5.46. The van der Waals surface area contributed by atoms with Crippen LogP contribution in [0.5, 0.6) is 0 Å². The van der Waals surface area contributed by atoms with Gasteiger partial charge in [0.05, 0.1) is 12.5 Å². The predicted octanol–water partition coefficient (Wildman–Crippen LogP) is -1.05. The number of carbonyl (C=O) groups excluding carboxylic acids is 4. The third kappa shape index (κ3) is 11.9. The topological polar surface area (TPSA) is 220 Å². The Kier molecular flexibility index (Phi) is 14.7. The zero-order valence-corrected chi connectivity index (χ0v) is 20.6. The summed E-state index contributed by atoms with van der Waals surface area (Å²) in [5.74, 6) is -4.45. The van der Waals surface area contributed by atoms with Crippen molar-refractivity contribution in [2.45, 2.75) is 90.4 Å². The van der Waals surface area contributed by atoms with E-state index in [1.807, 2.05) is 20.8 Å². The fourth-order valence-corrected chi connectivity index (χ4v) is 3.24. The van der Waals surface area contributed by atoms with E-state index in [0.29, 0.717) is 32.2 Å². The summed E-state index contributed by atoms with van der Waals surface area (Å²) in [5, 5.41) is 16.9. The monoisotopic (exact) mass is 486 g/mol. The van der Waals surface area contributed by atoms with E-state index in [1.165, 1.54) is 0 Å². The van der Waals surface area contributed by atoms with Crippen molar-refractivity contribution < 1.29 is 29.1 Å². The van der Waals surface area contributed by atoms with Crippen molar-refractivity contribution in [1.82, 2.24) is 16.0 Å². The first-order chi connectivity index (χ1) is 15.8. The lowest BCUT2D eigenvalue weighted by molar-refractivity contribution is -0.143. The zero-order chi connectivity index (χ0) is 26.4. The lowest BCUT2D eigenvalue weighted by atomic mass is 9.96. The minimum atomic E-state index is -1.34. The van der Waals surface area contributed by atoms with Crippen molar-refractivity contribution in [3.8, 4) is 0 Å². The molecule has 0 bridgehead atoms. The van der Waals surface area contributed by atoms with Crippen LogP contribution in [-0.2, 0) is 24.0 Å². The lowest BCUT2D eigenvalue weighted by Gasteiger charge is -2.28. The normalized spacial score (nSPS) is 15.5. The second-order valence-corrected chi connectivity index (χ2v) is 9.02. The van der Waals surface area contributed by atoms with Crippen LogP contribution in [-0.4, -0.2) is 65.4 Å². The van der Waals surface area contributed by atoms with Gasteiger partial charge in [-0.15, -0.1) is 0 Å². The molecular weight excluding hydrogens is 444 g/mol. The Morgan fingerprint density at radius 3 is 1.94 bits per heavy atom. The number of primary amides is 1. The van der Waals surface area contributed by atoms with Crippen LogP contribution in [0.4, 0.5) is 0 Å². The Labute approximate surface area is 201 Å². The first kappa shape index (κ1) is 31.3. The molecule has 0 fully saturated rings. The van der Waals surface area contributed by atoms with Crippen LogP contribution in [0.25, 0.3) is 0 Å². The first-order valence-electron chi connectivity index (χ1n) is 11.7. The number of carboxylic acid groups (broad SMARTS) is 1. The summed E-state index contributed by atoms with van der Waals surface area (Å²) in [6.45, 7) is 7.64. The molecule has 196 valence electrons. The molecular formula is C22H42N6O6. The smallest absolute Gasteiger partial charge is 0.326 e. The molecule has 0 saturated carbocycles. The maximum Gasteiger partial charge on any atom is 0.326 e. The molecule has 0 radical (unpaired) electrons. The predicted molar refractivity (Wildman–Crippen MR) is 127 cm³/mol. The van der Waals surface area contributed by atoms with E-state index in [4.69, 9.17) is 17.2 Å². The van der Waals surface area contributed by atoms with Crippen molar-refractivity contribution >= 4 is 29.6 Å². The van der Waals surface area contributed by atoms with E-state index < -0.39 is 60.2 Å². The SMILES string of the molecule is CCC(C)C(NC(=O)C(CC(N)=O)NC(=O)C(N)CCCCN)C(=O)NC(CC(C)C)C(=O)O. The van der Waals surface area contributed by atoms with Crippen LogP contribution >= 0.6 is 0 Å². The molecule has 34 heavy (non-hydrogen) atoms. The van der Waals surface area contributed by atoms with Crippen LogP contribution < -0.4 is 33.2 Å². The average Bonchev–Trinajstić information content (AvgIpc) is 2.74. The van der Waals surface area contributed by atoms with E-state index in [-0.39, 0.29) is 18.3 Å². The summed E-state index contributed by atoms with van der Waals surface area (Å²) in [6, 6.07) is -4.45. The van der Waals surface area contributed by atoms with Gasteiger partial charge in [0.1, 0.15) is 18.1 Å². The maximum absolute atomic E-state index is 12.9. The Hall–Kier alpha value is -2.73. The number of rotatable bonds is 17. The fourth-order valence-electron chi connectivity index (χ4n) is 3.24. The van der Waals surface area contributed by atoms with Crippen LogP contribution in [0.3, 0.4) is 0 Å². The molecule has 0 aliphatic heterocycles. The number of aliphatic carboxylic acids is 1. The fraction of sp³-hybridized carbons (Fsp3) is 0.773. The van der Waals surface area contributed by atoms with Crippen molar-refractivity contribution in [3.63, 3.8) is 0 Å². The summed E-state index contributed by atoms with van der Waals surface area (Å²) in [5.41, 5.74) is 16.5. The standard InChI is InChI=1S/C22H42N6O6/c1-5-13(4)18(21(32)27-16(22(33)34)10-12(2)3)28-20(31)15(11-17(25)29)26-19(30)14(24)8-6-7-9-23/h12-16,18H,5-11,23-24H2,1-4H3,(H2,25,29)(H,26,30)(H,27,32)(H,28,31)(H,33,34). The van der Waals surface area contributed by atoms with Crippen LogP contribution in [0.2, 0.25) is 0 Å². The number of unbranched alkanes of at least 4 members (excludes halogenated alkanes) is 1. The lowest BCUT2D eigenvalue weighted by Crippen LogP contribution is -2.59. The van der Waals surface area contributed by atoms with E-state index in [1.54, 1.807) is 6.92 Å². The van der Waals surface area contributed by atoms with Crippen LogP contribution in [0, 0.1) is 11.8 Å². The van der Waals surface area contributed by atoms with Gasteiger partial charge in [-0.3, -0.25) is 19.2 Å². The molecule has 0 aromatic rings. The Morgan fingerprint density at radius 1 is 0.882 bits per heavy atom. The number of nitrogens with two attached hydrogens (primary N) is 3. The van der Waals surface area contributed by atoms with Gasteiger partial charge < -0.3 is 38.3 Å². The molecule has 0 aromatic carbocycles. The van der Waals surface area contributed by atoms with Crippen LogP contribution in [0.1, 0.15) is 66.2 Å². The van der Waals surface area contributed by atoms with Crippen molar-refractivity contribution in [2.24, 2.45) is 29.0 Å². The molecule has 0 heterocycles. The Bertz CT molecular complexity index is 701. The van der Waals surface area contributed by atoms with Crippen LogP contribution in [0.15, 0.2) is 0 Å². The number of amides is 4. The Balaban J connectivity index is 5.49. The Morgan fingerprint density at radius 2 is 1.47 bits per heavy atom. The molecule has 12 heteroatoms. The highest BCUT2D eigenvalue weighted by molar-refractivity contribution is 5.96. The number of hydrogen-bond acceptors (Lipinski definition) is 7. The molecule has 0 rings (SSSR count). The minimum absolute atomic E-state index is 0.0160. The van der Waals surface area contributed by atoms with Gasteiger partial charge >= 0.3 is 5.97 Å². The van der Waals surface area contributed by atoms with Gasteiger partial charge in [0.25, 0.3) is 0 Å². The second kappa shape index (κ2) is 16.0. The van der Waals surface area contributed by atoms with Gasteiger partial charge in [-0.2, -0.15) is 0 Å². The largest absolute Gasteiger partial charge is 0.480 e. The summed E-state index contributed by atoms with van der Waals surface area (Å²) in [4.78, 5) is 61.3. The highest BCUT2D eigenvalue weighted by Crippen LogP contribution is 2.11. The molecule has 4 amide bonds. The molecule has 5 atom stereocenters.